The number of carbonyl (C=O) groups excluding carboxylic acids is 1. The van der Waals surface area contributed by atoms with Crippen molar-refractivity contribution in [1.29, 1.82) is 5.26 Å². The van der Waals surface area contributed by atoms with Crippen molar-refractivity contribution in [2.45, 2.75) is 51.5 Å². The van der Waals surface area contributed by atoms with Crippen molar-refractivity contribution < 1.29 is 4.79 Å². The Labute approximate surface area is 109 Å². The SMILES string of the molecule is CC(C#N)N(C)C(=O)C12CC3CC(CC(C3)C1)C2. The van der Waals surface area contributed by atoms with Gasteiger partial charge in [0, 0.05) is 7.05 Å². The lowest BCUT2D eigenvalue weighted by molar-refractivity contribution is -0.157. The number of hydrogen-bond donors (Lipinski definition) is 0. The lowest BCUT2D eigenvalue weighted by Crippen LogP contribution is -2.55. The second-order valence-corrected chi connectivity index (χ2v) is 6.92. The predicted molar refractivity (Wildman–Crippen MR) is 68.5 cm³/mol. The number of rotatable bonds is 2. The van der Waals surface area contributed by atoms with Gasteiger partial charge >= 0.3 is 0 Å². The molecule has 4 bridgehead atoms. The summed E-state index contributed by atoms with van der Waals surface area (Å²) in [5, 5.41) is 8.99. The first-order valence-electron chi connectivity index (χ1n) is 7.21. The van der Waals surface area contributed by atoms with Crippen molar-refractivity contribution in [1.82, 2.24) is 4.90 Å². The summed E-state index contributed by atoms with van der Waals surface area (Å²) in [6.07, 6.45) is 7.30. The fourth-order valence-electron chi connectivity index (χ4n) is 5.01. The number of carbonyl (C=O) groups is 1. The van der Waals surface area contributed by atoms with Crippen LogP contribution in [0.3, 0.4) is 0 Å². The molecule has 1 atom stereocenters. The van der Waals surface area contributed by atoms with Crippen molar-refractivity contribution in [3.8, 4) is 6.07 Å². The topological polar surface area (TPSA) is 44.1 Å². The van der Waals surface area contributed by atoms with E-state index in [1.54, 1.807) is 11.9 Å². The van der Waals surface area contributed by atoms with E-state index in [9.17, 15) is 4.79 Å². The van der Waals surface area contributed by atoms with Crippen molar-refractivity contribution in [2.75, 3.05) is 7.05 Å². The molecule has 0 aliphatic heterocycles. The maximum absolute atomic E-state index is 12.8. The average molecular weight is 246 g/mol. The highest BCUT2D eigenvalue weighted by Gasteiger charge is 2.55. The summed E-state index contributed by atoms with van der Waals surface area (Å²) in [5.41, 5.74) is -0.103. The zero-order valence-corrected chi connectivity index (χ0v) is 11.4. The molecule has 0 heterocycles. The van der Waals surface area contributed by atoms with Gasteiger partial charge in [-0.05, 0) is 63.2 Å². The number of nitriles is 1. The maximum atomic E-state index is 12.8. The molecular weight excluding hydrogens is 224 g/mol. The molecule has 0 spiro atoms. The molecule has 4 aliphatic carbocycles. The zero-order chi connectivity index (χ0) is 12.9. The molecule has 3 nitrogen and oxygen atoms in total. The Hall–Kier alpha value is -1.04. The average Bonchev–Trinajstić information content (AvgIpc) is 2.34. The van der Waals surface area contributed by atoms with Gasteiger partial charge in [-0.2, -0.15) is 5.26 Å². The van der Waals surface area contributed by atoms with Gasteiger partial charge in [0.05, 0.1) is 11.5 Å². The van der Waals surface area contributed by atoms with Gasteiger partial charge in [0.2, 0.25) is 5.91 Å². The van der Waals surface area contributed by atoms with Crippen LogP contribution >= 0.6 is 0 Å². The minimum absolute atomic E-state index is 0.103. The van der Waals surface area contributed by atoms with E-state index in [4.69, 9.17) is 5.26 Å². The van der Waals surface area contributed by atoms with Gasteiger partial charge in [0.1, 0.15) is 6.04 Å². The number of hydrogen-bond acceptors (Lipinski definition) is 2. The molecule has 0 aromatic carbocycles. The normalized spacial score (nSPS) is 42.4. The Bertz CT molecular complexity index is 374. The first-order chi connectivity index (χ1) is 8.54. The third kappa shape index (κ3) is 1.66. The standard InChI is InChI=1S/C15H22N2O/c1-10(9-16)17(2)14(18)15-6-11-3-12(7-15)5-13(4-11)8-15/h10-13H,3-8H2,1-2H3. The largest absolute Gasteiger partial charge is 0.330 e. The summed E-state index contributed by atoms with van der Waals surface area (Å²) in [5.74, 6) is 2.60. The summed E-state index contributed by atoms with van der Waals surface area (Å²) in [6.45, 7) is 1.82. The molecule has 0 aromatic heterocycles. The molecule has 1 unspecified atom stereocenters. The van der Waals surface area contributed by atoms with Crippen LogP contribution in [0.15, 0.2) is 0 Å². The van der Waals surface area contributed by atoms with E-state index in [1.165, 1.54) is 19.3 Å². The molecule has 98 valence electrons. The maximum Gasteiger partial charge on any atom is 0.229 e. The second-order valence-electron chi connectivity index (χ2n) is 6.92. The first kappa shape index (κ1) is 12.0. The zero-order valence-electron chi connectivity index (χ0n) is 11.4. The molecule has 4 fully saturated rings. The summed E-state index contributed by atoms with van der Waals surface area (Å²) in [4.78, 5) is 14.5. The van der Waals surface area contributed by atoms with Gasteiger partial charge in [0.15, 0.2) is 0 Å². The Morgan fingerprint density at radius 1 is 1.22 bits per heavy atom. The Balaban J connectivity index is 1.83. The summed E-state index contributed by atoms with van der Waals surface area (Å²) < 4.78 is 0. The third-order valence-corrected chi connectivity index (χ3v) is 5.58. The van der Waals surface area contributed by atoms with Crippen LogP contribution in [0.2, 0.25) is 0 Å². The highest BCUT2D eigenvalue weighted by Crippen LogP contribution is 2.60. The van der Waals surface area contributed by atoms with Gasteiger partial charge < -0.3 is 4.90 Å². The molecule has 0 aromatic rings. The highest BCUT2D eigenvalue weighted by molar-refractivity contribution is 5.83. The highest BCUT2D eigenvalue weighted by atomic mass is 16.2. The molecule has 4 rings (SSSR count). The third-order valence-electron chi connectivity index (χ3n) is 5.58. The van der Waals surface area contributed by atoms with E-state index in [-0.39, 0.29) is 17.4 Å². The number of amides is 1. The predicted octanol–water partition coefficient (Wildman–Crippen LogP) is 2.57. The number of nitrogens with zero attached hydrogens (tertiary/aromatic N) is 2. The quantitative estimate of drug-likeness (QED) is 0.751. The van der Waals surface area contributed by atoms with Crippen LogP contribution in [0, 0.1) is 34.5 Å². The fraction of sp³-hybridized carbons (Fsp3) is 0.867. The van der Waals surface area contributed by atoms with Crippen LogP contribution in [0.25, 0.3) is 0 Å². The Morgan fingerprint density at radius 2 is 1.67 bits per heavy atom. The van der Waals surface area contributed by atoms with Crippen LogP contribution in [-0.4, -0.2) is 23.9 Å². The lowest BCUT2D eigenvalue weighted by Gasteiger charge is -2.56. The minimum Gasteiger partial charge on any atom is -0.330 e. The van der Waals surface area contributed by atoms with Crippen molar-refractivity contribution in [3.05, 3.63) is 0 Å². The van der Waals surface area contributed by atoms with E-state index in [2.05, 4.69) is 6.07 Å². The molecule has 4 saturated carbocycles. The Morgan fingerprint density at radius 3 is 2.06 bits per heavy atom. The Kier molecular flexibility index (Phi) is 2.66. The van der Waals surface area contributed by atoms with Gasteiger partial charge in [-0.25, -0.2) is 0 Å². The molecule has 3 heteroatoms. The molecular formula is C15H22N2O. The van der Waals surface area contributed by atoms with E-state index in [0.717, 1.165) is 37.0 Å². The molecule has 0 radical (unpaired) electrons. The lowest BCUT2D eigenvalue weighted by atomic mass is 9.49. The molecule has 0 N–H and O–H groups in total. The van der Waals surface area contributed by atoms with E-state index in [0.29, 0.717) is 0 Å². The summed E-state index contributed by atoms with van der Waals surface area (Å²) >= 11 is 0. The van der Waals surface area contributed by atoms with Crippen LogP contribution in [0.4, 0.5) is 0 Å². The van der Waals surface area contributed by atoms with Gasteiger partial charge in [-0.1, -0.05) is 0 Å². The van der Waals surface area contributed by atoms with E-state index >= 15 is 0 Å². The van der Waals surface area contributed by atoms with Crippen molar-refractivity contribution in [2.24, 2.45) is 23.2 Å². The first-order valence-corrected chi connectivity index (χ1v) is 7.21. The van der Waals surface area contributed by atoms with Gasteiger partial charge in [0.25, 0.3) is 0 Å². The summed E-state index contributed by atoms with van der Waals surface area (Å²) in [7, 11) is 1.80. The van der Waals surface area contributed by atoms with Gasteiger partial charge in [-0.3, -0.25) is 4.79 Å². The van der Waals surface area contributed by atoms with E-state index < -0.39 is 0 Å². The van der Waals surface area contributed by atoms with Crippen LogP contribution in [0.5, 0.6) is 0 Å². The van der Waals surface area contributed by atoms with Crippen LogP contribution in [-0.2, 0) is 4.79 Å². The molecule has 0 saturated heterocycles. The second kappa shape index (κ2) is 3.98. The van der Waals surface area contributed by atoms with Crippen LogP contribution in [0.1, 0.15) is 45.4 Å². The smallest absolute Gasteiger partial charge is 0.229 e. The monoisotopic (exact) mass is 246 g/mol. The fourth-order valence-corrected chi connectivity index (χ4v) is 5.01. The van der Waals surface area contributed by atoms with Crippen LogP contribution < -0.4 is 0 Å². The van der Waals surface area contributed by atoms with Gasteiger partial charge in [-0.15, -0.1) is 0 Å². The van der Waals surface area contributed by atoms with Crippen molar-refractivity contribution in [3.63, 3.8) is 0 Å². The molecule has 18 heavy (non-hydrogen) atoms. The van der Waals surface area contributed by atoms with E-state index in [1.807, 2.05) is 6.92 Å². The minimum atomic E-state index is -0.300. The molecule has 4 aliphatic rings. The molecule has 1 amide bonds. The summed E-state index contributed by atoms with van der Waals surface area (Å²) in [6, 6.07) is 1.88. The van der Waals surface area contributed by atoms with Crippen molar-refractivity contribution >= 4 is 5.91 Å².